The molecule has 0 aromatic rings. The zero-order valence-corrected chi connectivity index (χ0v) is 44.9. The highest BCUT2D eigenvalue weighted by Gasteiger charge is 2.36. The predicted octanol–water partition coefficient (Wildman–Crippen LogP) is 5.32. The first kappa shape index (κ1) is 63.8. The second-order valence-electron chi connectivity index (χ2n) is 21.0. The minimum absolute atomic E-state index is 0.107. The van der Waals surface area contributed by atoms with Gasteiger partial charge in [-0.15, -0.1) is 0 Å². The summed E-state index contributed by atoms with van der Waals surface area (Å²) in [5.74, 6) is -3.91. The lowest BCUT2D eigenvalue weighted by molar-refractivity contribution is -0.165. The third-order valence-corrected chi connectivity index (χ3v) is 11.3. The number of carbonyl (C=O) groups excluding carboxylic acids is 7. The molecule has 0 spiro atoms. The van der Waals surface area contributed by atoms with Gasteiger partial charge in [0.25, 0.3) is 0 Å². The van der Waals surface area contributed by atoms with Gasteiger partial charge in [0.1, 0.15) is 41.2 Å². The Morgan fingerprint density at radius 1 is 0.543 bits per heavy atom. The molecule has 0 radical (unpaired) electrons. The third-order valence-electron chi connectivity index (χ3n) is 11.3. The largest absolute Gasteiger partial charge is 0.481 e. The number of nitrogens with zero attached hydrogens (tertiary/aromatic N) is 4. The second kappa shape index (κ2) is 32.7. The summed E-state index contributed by atoms with van der Waals surface area (Å²) in [4.78, 5) is 112. The maximum absolute atomic E-state index is 14.3. The van der Waals surface area contributed by atoms with Crippen molar-refractivity contribution in [3.8, 4) is 0 Å². The molecule has 0 saturated carbocycles. The van der Waals surface area contributed by atoms with E-state index in [2.05, 4.69) is 20.0 Å². The molecule has 1 heterocycles. The quantitative estimate of drug-likeness (QED) is 0.0437. The van der Waals surface area contributed by atoms with Crippen LogP contribution in [-0.2, 0) is 62.0 Å². The Bertz CT molecular complexity index is 1620. The summed E-state index contributed by atoms with van der Waals surface area (Å²) in [6.45, 7) is 25.8. The predicted molar refractivity (Wildman–Crippen MR) is 265 cm³/mol. The van der Waals surface area contributed by atoms with Crippen LogP contribution in [0.5, 0.6) is 0 Å². The summed E-state index contributed by atoms with van der Waals surface area (Å²) in [6.07, 6.45) is 4.58. The average molecular weight is 998 g/mol. The molecule has 1 aliphatic heterocycles. The SMILES string of the molecule is CCCC(C=O)N1CCN(CCCCC(NC(=O)CCC(=O)O)C(=O)OC(C)(C)C)CCN(C(CCCC(=O)OCC)C(=O)OC(C)(C)C)CCN(C(CCCC(=O)OCC)C(=O)OC(C)(C)C)CC1. The molecule has 0 aromatic heterocycles. The Hall–Kier alpha value is -4.20. The van der Waals surface area contributed by atoms with Crippen molar-refractivity contribution in [2.24, 2.45) is 0 Å². The molecule has 2 N–H and O–H groups in total. The molecular weight excluding hydrogens is 907 g/mol. The molecule has 1 saturated heterocycles. The van der Waals surface area contributed by atoms with Gasteiger partial charge in [0, 0.05) is 71.6 Å². The number of rotatable bonds is 28. The van der Waals surface area contributed by atoms with E-state index < -0.39 is 70.8 Å². The van der Waals surface area contributed by atoms with Crippen LogP contribution in [-0.4, -0.2) is 186 Å². The van der Waals surface area contributed by atoms with Gasteiger partial charge in [-0.25, -0.2) is 4.79 Å². The van der Waals surface area contributed by atoms with Gasteiger partial charge in [-0.2, -0.15) is 0 Å². The molecular formula is C51H91N5O14. The number of ether oxygens (including phenoxy) is 5. The number of carboxylic acid groups (broad SMARTS) is 1. The Kier molecular flexibility index (Phi) is 29.8. The van der Waals surface area contributed by atoms with Crippen LogP contribution in [0.25, 0.3) is 0 Å². The molecule has 0 bridgehead atoms. The maximum Gasteiger partial charge on any atom is 0.329 e. The molecule has 70 heavy (non-hydrogen) atoms. The van der Waals surface area contributed by atoms with Gasteiger partial charge in [0.15, 0.2) is 0 Å². The molecule has 1 amide bonds. The highest BCUT2D eigenvalue weighted by atomic mass is 16.6. The summed E-state index contributed by atoms with van der Waals surface area (Å²) < 4.78 is 28.0. The van der Waals surface area contributed by atoms with Crippen molar-refractivity contribution in [1.82, 2.24) is 24.9 Å². The van der Waals surface area contributed by atoms with E-state index in [-0.39, 0.29) is 57.3 Å². The van der Waals surface area contributed by atoms with E-state index in [1.807, 2.05) is 11.8 Å². The van der Waals surface area contributed by atoms with Gasteiger partial charge >= 0.3 is 35.8 Å². The fourth-order valence-corrected chi connectivity index (χ4v) is 8.09. The first-order valence-corrected chi connectivity index (χ1v) is 25.6. The van der Waals surface area contributed by atoms with Crippen molar-refractivity contribution in [3.63, 3.8) is 0 Å². The van der Waals surface area contributed by atoms with Gasteiger partial charge in [-0.1, -0.05) is 13.3 Å². The summed E-state index contributed by atoms with van der Waals surface area (Å²) in [7, 11) is 0. The number of hydrogen-bond donors (Lipinski definition) is 2. The fourth-order valence-electron chi connectivity index (χ4n) is 8.09. The minimum atomic E-state index is -1.12. The van der Waals surface area contributed by atoms with Gasteiger partial charge in [-0.05, 0) is 134 Å². The van der Waals surface area contributed by atoms with Crippen LogP contribution in [0.3, 0.4) is 0 Å². The van der Waals surface area contributed by atoms with Crippen LogP contribution in [0.1, 0.15) is 167 Å². The smallest absolute Gasteiger partial charge is 0.329 e. The number of hydrogen-bond acceptors (Lipinski definition) is 17. The van der Waals surface area contributed by atoms with Crippen molar-refractivity contribution in [2.45, 2.75) is 208 Å². The number of carboxylic acids is 1. The van der Waals surface area contributed by atoms with E-state index in [0.29, 0.717) is 104 Å². The number of unbranched alkanes of at least 4 members (excludes halogenated alkanes) is 1. The van der Waals surface area contributed by atoms with Gasteiger partial charge in [0.05, 0.1) is 25.7 Å². The molecule has 19 heteroatoms. The molecule has 4 atom stereocenters. The standard InChI is InChI=1S/C51H91N5O14/c1-13-20-38(37-57)54-31-29-53(28-17-16-21-39(46(63)68-49(4,5)6)52-42(58)26-27-43(59)60)30-32-55(40(47(64)69-50(7,8)9)22-18-24-44(61)66-14-2)35-36-56(34-33-54)41(48(65)70-51(10,11)12)23-19-25-45(62)67-15-3/h37-41H,13-36H2,1-12H3,(H,52,58)(H,59,60). The van der Waals surface area contributed by atoms with Crippen LogP contribution in [0.15, 0.2) is 0 Å². The number of esters is 5. The van der Waals surface area contributed by atoms with Gasteiger partial charge < -0.3 is 43.8 Å². The Morgan fingerprint density at radius 2 is 0.971 bits per heavy atom. The van der Waals surface area contributed by atoms with Crippen LogP contribution in [0.2, 0.25) is 0 Å². The van der Waals surface area contributed by atoms with Crippen molar-refractivity contribution in [1.29, 1.82) is 0 Å². The number of nitrogens with one attached hydrogen (secondary N) is 1. The molecule has 19 nitrogen and oxygen atoms in total. The second-order valence-corrected chi connectivity index (χ2v) is 21.0. The lowest BCUT2D eigenvalue weighted by Crippen LogP contribution is -2.55. The van der Waals surface area contributed by atoms with E-state index in [9.17, 15) is 38.4 Å². The highest BCUT2D eigenvalue weighted by Crippen LogP contribution is 2.22. The summed E-state index contributed by atoms with van der Waals surface area (Å²) in [5.41, 5.74) is -2.43. The molecule has 1 fully saturated rings. The van der Waals surface area contributed by atoms with E-state index in [1.54, 1.807) is 76.2 Å². The molecule has 1 rings (SSSR count). The van der Waals surface area contributed by atoms with E-state index in [1.165, 1.54) is 0 Å². The van der Waals surface area contributed by atoms with Crippen LogP contribution >= 0.6 is 0 Å². The van der Waals surface area contributed by atoms with E-state index in [0.717, 1.165) is 12.7 Å². The normalized spacial score (nSPS) is 17.1. The summed E-state index contributed by atoms with van der Waals surface area (Å²) in [6, 6.07) is -2.92. The lowest BCUT2D eigenvalue weighted by Gasteiger charge is -2.40. The first-order valence-electron chi connectivity index (χ1n) is 25.6. The number of amides is 1. The monoisotopic (exact) mass is 998 g/mol. The topological polar surface area (TPSA) is 228 Å². The third kappa shape index (κ3) is 28.6. The van der Waals surface area contributed by atoms with Gasteiger partial charge in [0.2, 0.25) is 5.91 Å². The first-order chi connectivity index (χ1) is 32.7. The van der Waals surface area contributed by atoms with E-state index in [4.69, 9.17) is 28.8 Å². The Morgan fingerprint density at radius 3 is 1.39 bits per heavy atom. The molecule has 4 unspecified atom stereocenters. The van der Waals surface area contributed by atoms with Crippen molar-refractivity contribution >= 4 is 48.0 Å². The summed E-state index contributed by atoms with van der Waals surface area (Å²) >= 11 is 0. The van der Waals surface area contributed by atoms with Crippen molar-refractivity contribution in [3.05, 3.63) is 0 Å². The average Bonchev–Trinajstić information content (AvgIpc) is 3.23. The minimum Gasteiger partial charge on any atom is -0.481 e. The molecule has 0 aromatic carbocycles. The number of aldehydes is 1. The Balaban J connectivity index is 3.79. The van der Waals surface area contributed by atoms with E-state index >= 15 is 0 Å². The Labute approximate surface area is 418 Å². The molecule has 404 valence electrons. The fraction of sp³-hybridized carbons (Fsp3) is 0.843. The summed E-state index contributed by atoms with van der Waals surface area (Å²) in [5, 5.41) is 11.8. The highest BCUT2D eigenvalue weighted by molar-refractivity contribution is 5.86. The zero-order chi connectivity index (χ0) is 53.1. The molecule has 1 aliphatic rings. The number of carbonyl (C=O) groups is 8. The molecule has 0 aliphatic carbocycles. The number of aliphatic carboxylic acids is 1. The van der Waals surface area contributed by atoms with Crippen LogP contribution < -0.4 is 5.32 Å². The maximum atomic E-state index is 14.3. The van der Waals surface area contributed by atoms with Gasteiger partial charge in [-0.3, -0.25) is 43.5 Å². The lowest BCUT2D eigenvalue weighted by atomic mass is 10.0. The van der Waals surface area contributed by atoms with Crippen molar-refractivity contribution in [2.75, 3.05) is 72.1 Å². The van der Waals surface area contributed by atoms with Crippen LogP contribution in [0, 0.1) is 0 Å². The van der Waals surface area contributed by atoms with Crippen LogP contribution in [0.4, 0.5) is 0 Å². The zero-order valence-electron chi connectivity index (χ0n) is 44.9. The van der Waals surface area contributed by atoms with Crippen molar-refractivity contribution < 1.29 is 67.1 Å².